The van der Waals surface area contributed by atoms with Gasteiger partial charge in [-0.25, -0.2) is 0 Å². The number of nitrogens with zero attached hydrogens (tertiary/aromatic N) is 2. The molecule has 0 saturated carbocycles. The second-order valence-electron chi connectivity index (χ2n) is 6.87. The minimum absolute atomic E-state index is 0.896. The maximum absolute atomic E-state index is 5.59. The normalized spacial score (nSPS) is 18.7. The number of methoxy groups -OCH3 is 1. The fraction of sp³-hybridized carbons (Fsp3) is 0.632. The number of piperazine rings is 1. The van der Waals surface area contributed by atoms with Gasteiger partial charge >= 0.3 is 0 Å². The van der Waals surface area contributed by atoms with Gasteiger partial charge in [-0.05, 0) is 24.4 Å². The van der Waals surface area contributed by atoms with Gasteiger partial charge in [-0.15, -0.1) is 0 Å². The molecule has 0 radical (unpaired) electrons. The van der Waals surface area contributed by atoms with Crippen LogP contribution in [0, 0.1) is 0 Å². The van der Waals surface area contributed by atoms with Crippen LogP contribution >= 0.6 is 12.2 Å². The fourth-order valence-electron chi connectivity index (χ4n) is 3.53. The molecular formula is C19H31N4O2S+. The standard InChI is InChI=1S/C19H30N4O2S/c1-24-18-5-2-4-17(16-18)22-8-10-23(11-9-22)19(26)20-6-3-7-21-12-14-25-15-13-21/h2,4-5,16H,3,6-15H2,1H3,(H,20,26)/p+1. The first-order valence-corrected chi connectivity index (χ1v) is 10.00. The zero-order chi connectivity index (χ0) is 18.2. The van der Waals surface area contributed by atoms with Crippen molar-refractivity contribution in [1.29, 1.82) is 0 Å². The van der Waals surface area contributed by atoms with E-state index in [2.05, 4.69) is 27.2 Å². The molecule has 2 saturated heterocycles. The fourth-order valence-corrected chi connectivity index (χ4v) is 3.82. The van der Waals surface area contributed by atoms with Crippen LogP contribution in [0.4, 0.5) is 5.69 Å². The number of quaternary nitrogens is 1. The molecule has 0 aromatic heterocycles. The maximum atomic E-state index is 5.59. The van der Waals surface area contributed by atoms with E-state index in [1.54, 1.807) is 12.0 Å². The van der Waals surface area contributed by atoms with Gasteiger partial charge in [-0.3, -0.25) is 0 Å². The predicted octanol–water partition coefficient (Wildman–Crippen LogP) is -0.00310. The molecule has 0 aliphatic carbocycles. The number of ether oxygens (including phenoxy) is 2. The Bertz CT molecular complexity index is 572. The molecule has 2 aliphatic heterocycles. The van der Waals surface area contributed by atoms with Crippen molar-refractivity contribution in [3.63, 3.8) is 0 Å². The average Bonchev–Trinajstić information content (AvgIpc) is 2.72. The van der Waals surface area contributed by atoms with Crippen LogP contribution in [0.25, 0.3) is 0 Å². The molecule has 0 atom stereocenters. The summed E-state index contributed by atoms with van der Waals surface area (Å²) in [6, 6.07) is 8.27. The Hall–Kier alpha value is -1.57. The van der Waals surface area contributed by atoms with E-state index in [9.17, 15) is 0 Å². The molecule has 7 heteroatoms. The van der Waals surface area contributed by atoms with Crippen molar-refractivity contribution in [1.82, 2.24) is 10.2 Å². The van der Waals surface area contributed by atoms with E-state index in [1.165, 1.54) is 12.2 Å². The van der Waals surface area contributed by atoms with Crippen LogP contribution in [0.15, 0.2) is 24.3 Å². The van der Waals surface area contributed by atoms with E-state index in [-0.39, 0.29) is 0 Å². The zero-order valence-corrected chi connectivity index (χ0v) is 16.5. The van der Waals surface area contributed by atoms with Gasteiger partial charge in [0, 0.05) is 50.9 Å². The molecule has 2 fully saturated rings. The molecule has 1 aromatic carbocycles. The lowest BCUT2D eigenvalue weighted by Crippen LogP contribution is -3.14. The lowest BCUT2D eigenvalue weighted by molar-refractivity contribution is -0.908. The van der Waals surface area contributed by atoms with Crippen LogP contribution in [0.2, 0.25) is 0 Å². The van der Waals surface area contributed by atoms with Crippen LogP contribution < -0.4 is 19.9 Å². The molecule has 144 valence electrons. The van der Waals surface area contributed by atoms with E-state index >= 15 is 0 Å². The number of anilines is 1. The first-order valence-electron chi connectivity index (χ1n) is 9.59. The monoisotopic (exact) mass is 379 g/mol. The van der Waals surface area contributed by atoms with Gasteiger partial charge in [0.05, 0.1) is 26.9 Å². The molecule has 0 bridgehead atoms. The molecule has 2 heterocycles. The predicted molar refractivity (Wildman–Crippen MR) is 108 cm³/mol. The Kier molecular flexibility index (Phi) is 7.34. The van der Waals surface area contributed by atoms with Gasteiger partial charge in [-0.2, -0.15) is 0 Å². The van der Waals surface area contributed by atoms with E-state index in [0.717, 1.165) is 76.3 Å². The number of nitrogens with one attached hydrogen (secondary N) is 2. The Morgan fingerprint density at radius 1 is 1.23 bits per heavy atom. The minimum atomic E-state index is 0.896. The second-order valence-corrected chi connectivity index (χ2v) is 7.26. The smallest absolute Gasteiger partial charge is 0.169 e. The van der Waals surface area contributed by atoms with Gasteiger partial charge in [0.15, 0.2) is 5.11 Å². The van der Waals surface area contributed by atoms with Crippen molar-refractivity contribution >= 4 is 23.0 Å². The van der Waals surface area contributed by atoms with Crippen molar-refractivity contribution in [3.05, 3.63) is 24.3 Å². The van der Waals surface area contributed by atoms with Gasteiger partial charge < -0.3 is 29.5 Å². The zero-order valence-electron chi connectivity index (χ0n) is 15.7. The third kappa shape index (κ3) is 5.46. The lowest BCUT2D eigenvalue weighted by atomic mass is 10.2. The number of hydrogen-bond acceptors (Lipinski definition) is 4. The first kappa shape index (κ1) is 19.2. The minimum Gasteiger partial charge on any atom is -0.497 e. The van der Waals surface area contributed by atoms with Crippen LogP contribution in [-0.4, -0.2) is 82.7 Å². The van der Waals surface area contributed by atoms with Gasteiger partial charge in [0.1, 0.15) is 18.8 Å². The van der Waals surface area contributed by atoms with Crippen molar-refractivity contribution in [3.8, 4) is 5.75 Å². The summed E-state index contributed by atoms with van der Waals surface area (Å²) in [5.74, 6) is 0.907. The summed E-state index contributed by atoms with van der Waals surface area (Å²) in [6.45, 7) is 10.1. The molecule has 0 spiro atoms. The average molecular weight is 380 g/mol. The van der Waals surface area contributed by atoms with E-state index < -0.39 is 0 Å². The van der Waals surface area contributed by atoms with Gasteiger partial charge in [0.25, 0.3) is 0 Å². The third-order valence-electron chi connectivity index (χ3n) is 5.17. The summed E-state index contributed by atoms with van der Waals surface area (Å²) in [5.41, 5.74) is 1.22. The maximum Gasteiger partial charge on any atom is 0.169 e. The van der Waals surface area contributed by atoms with Gasteiger partial charge in [-0.1, -0.05) is 6.07 Å². The molecule has 26 heavy (non-hydrogen) atoms. The van der Waals surface area contributed by atoms with Crippen LogP contribution in [0.1, 0.15) is 6.42 Å². The van der Waals surface area contributed by atoms with Crippen molar-refractivity contribution < 1.29 is 14.4 Å². The summed E-state index contributed by atoms with van der Waals surface area (Å²) in [6.07, 6.45) is 1.15. The number of hydrogen-bond donors (Lipinski definition) is 2. The highest BCUT2D eigenvalue weighted by atomic mass is 32.1. The molecule has 0 unspecified atom stereocenters. The summed E-state index contributed by atoms with van der Waals surface area (Å²) < 4.78 is 10.7. The molecule has 3 rings (SSSR count). The molecule has 6 nitrogen and oxygen atoms in total. The Morgan fingerprint density at radius 2 is 2.00 bits per heavy atom. The van der Waals surface area contributed by atoms with Crippen molar-refractivity contribution in [2.24, 2.45) is 0 Å². The van der Waals surface area contributed by atoms with E-state index in [0.29, 0.717) is 0 Å². The van der Waals surface area contributed by atoms with Crippen LogP contribution in [-0.2, 0) is 4.74 Å². The Balaban J connectivity index is 1.35. The number of rotatable bonds is 6. The molecule has 2 N–H and O–H groups in total. The third-order valence-corrected chi connectivity index (χ3v) is 5.57. The highest BCUT2D eigenvalue weighted by molar-refractivity contribution is 7.80. The first-order chi connectivity index (χ1) is 12.8. The number of thiocarbonyl (C=S) groups is 1. The summed E-state index contributed by atoms with van der Waals surface area (Å²) >= 11 is 5.59. The molecular weight excluding hydrogens is 348 g/mol. The molecule has 1 aromatic rings. The van der Waals surface area contributed by atoms with Gasteiger partial charge in [0.2, 0.25) is 0 Å². The summed E-state index contributed by atoms with van der Waals surface area (Å²) in [7, 11) is 1.71. The van der Waals surface area contributed by atoms with Crippen LogP contribution in [0.3, 0.4) is 0 Å². The highest BCUT2D eigenvalue weighted by Crippen LogP contribution is 2.22. The number of benzene rings is 1. The van der Waals surface area contributed by atoms with Crippen molar-refractivity contribution in [2.45, 2.75) is 6.42 Å². The second kappa shape index (κ2) is 9.94. The SMILES string of the molecule is COc1cccc(N2CCN(C(=S)NCCC[NH+]3CCOCC3)CC2)c1. The quantitative estimate of drug-likeness (QED) is 0.536. The van der Waals surface area contributed by atoms with E-state index in [1.807, 2.05) is 12.1 Å². The highest BCUT2D eigenvalue weighted by Gasteiger charge is 2.19. The summed E-state index contributed by atoms with van der Waals surface area (Å²) in [5, 5.41) is 4.33. The van der Waals surface area contributed by atoms with Crippen LogP contribution in [0.5, 0.6) is 5.75 Å². The topological polar surface area (TPSA) is 41.4 Å². The Labute approximate surface area is 162 Å². The number of morpholine rings is 1. The Morgan fingerprint density at radius 3 is 2.73 bits per heavy atom. The lowest BCUT2D eigenvalue weighted by Gasteiger charge is -2.37. The summed E-state index contributed by atoms with van der Waals surface area (Å²) in [4.78, 5) is 6.33. The molecule has 0 amide bonds. The van der Waals surface area contributed by atoms with Crippen molar-refractivity contribution in [2.75, 3.05) is 77.6 Å². The van der Waals surface area contributed by atoms with E-state index in [4.69, 9.17) is 21.7 Å². The molecule has 2 aliphatic rings. The largest absolute Gasteiger partial charge is 0.497 e.